The first-order chi connectivity index (χ1) is 9.59. The van der Waals surface area contributed by atoms with Crippen LogP contribution < -0.4 is 5.73 Å². The number of benzene rings is 1. The largest absolute Gasteiger partial charge is 0.326 e. The molecule has 106 valence electrons. The molecule has 2 N–H and O–H groups in total. The fraction of sp³-hybridized carbons (Fsp3) is 0.312. The number of nitrogens with two attached hydrogens (primary N) is 1. The Hall–Kier alpha value is -1.78. The summed E-state index contributed by atoms with van der Waals surface area (Å²) in [6.45, 7) is 2.44. The Bertz CT molecular complexity index is 542. The molecule has 2 unspecified atom stereocenters. The van der Waals surface area contributed by atoms with E-state index in [1.165, 1.54) is 6.07 Å². The van der Waals surface area contributed by atoms with Crippen LogP contribution in [0, 0.1) is 5.82 Å². The Morgan fingerprint density at radius 2 is 1.90 bits per heavy atom. The number of aromatic nitrogens is 1. The van der Waals surface area contributed by atoms with Crippen LogP contribution in [0.25, 0.3) is 0 Å². The van der Waals surface area contributed by atoms with Crippen LogP contribution in [0.2, 0.25) is 0 Å². The highest BCUT2D eigenvalue weighted by atomic mass is 19.1. The van der Waals surface area contributed by atoms with Gasteiger partial charge in [0.15, 0.2) is 0 Å². The smallest absolute Gasteiger partial charge is 0.127 e. The van der Waals surface area contributed by atoms with Crippen LogP contribution in [-0.4, -0.2) is 23.0 Å². The lowest BCUT2D eigenvalue weighted by atomic mass is 10.0. The zero-order valence-electron chi connectivity index (χ0n) is 11.8. The molecule has 1 aromatic heterocycles. The average Bonchev–Trinajstić information content (AvgIpc) is 2.42. The van der Waals surface area contributed by atoms with Crippen molar-refractivity contribution in [3.63, 3.8) is 0 Å². The summed E-state index contributed by atoms with van der Waals surface area (Å²) >= 11 is 0. The molecule has 0 saturated carbocycles. The molecule has 0 spiro atoms. The van der Waals surface area contributed by atoms with E-state index in [-0.39, 0.29) is 17.9 Å². The Balaban J connectivity index is 2.20. The zero-order valence-corrected chi connectivity index (χ0v) is 11.8. The number of hydrogen-bond donors (Lipinski definition) is 1. The lowest BCUT2D eigenvalue weighted by Crippen LogP contribution is -2.37. The van der Waals surface area contributed by atoms with Crippen molar-refractivity contribution >= 4 is 0 Å². The van der Waals surface area contributed by atoms with Crippen molar-refractivity contribution in [1.82, 2.24) is 9.88 Å². The van der Waals surface area contributed by atoms with Gasteiger partial charge in [0.1, 0.15) is 5.82 Å². The van der Waals surface area contributed by atoms with Gasteiger partial charge in [-0.25, -0.2) is 4.39 Å². The number of hydrogen-bond acceptors (Lipinski definition) is 3. The quantitative estimate of drug-likeness (QED) is 0.911. The molecule has 0 aliphatic heterocycles. The Kier molecular flexibility index (Phi) is 4.82. The normalized spacial score (nSPS) is 14.2. The standard InChI is InChI=1S/C16H20FN3/c1-12(18)16(15-9-5-6-10-19-15)20(2)11-13-7-3-4-8-14(13)17/h3-10,12,16H,11,18H2,1-2H3. The molecule has 0 aliphatic rings. The molecule has 2 atom stereocenters. The molecule has 0 amide bonds. The summed E-state index contributed by atoms with van der Waals surface area (Å²) in [6, 6.07) is 12.4. The van der Waals surface area contributed by atoms with E-state index in [9.17, 15) is 4.39 Å². The van der Waals surface area contributed by atoms with E-state index in [1.54, 1.807) is 18.3 Å². The third-order valence-corrected chi connectivity index (χ3v) is 3.34. The van der Waals surface area contributed by atoms with E-state index in [2.05, 4.69) is 4.98 Å². The SMILES string of the molecule is CC(N)C(c1ccccn1)N(C)Cc1ccccc1F. The summed E-state index contributed by atoms with van der Waals surface area (Å²) < 4.78 is 13.7. The molecule has 4 heteroatoms. The number of nitrogens with zero attached hydrogens (tertiary/aromatic N) is 2. The second kappa shape index (κ2) is 6.59. The summed E-state index contributed by atoms with van der Waals surface area (Å²) in [5.41, 5.74) is 7.65. The Morgan fingerprint density at radius 1 is 1.20 bits per heavy atom. The summed E-state index contributed by atoms with van der Waals surface area (Å²) in [6.07, 6.45) is 1.75. The topological polar surface area (TPSA) is 42.1 Å². The van der Waals surface area contributed by atoms with Gasteiger partial charge in [-0.15, -0.1) is 0 Å². The predicted molar refractivity (Wildman–Crippen MR) is 78.5 cm³/mol. The molecule has 0 radical (unpaired) electrons. The molecule has 2 aromatic rings. The maximum absolute atomic E-state index is 13.7. The minimum atomic E-state index is -0.191. The zero-order chi connectivity index (χ0) is 14.5. The van der Waals surface area contributed by atoms with Gasteiger partial charge in [-0.1, -0.05) is 24.3 Å². The van der Waals surface area contributed by atoms with Gasteiger partial charge >= 0.3 is 0 Å². The van der Waals surface area contributed by atoms with Crippen LogP contribution in [0.3, 0.4) is 0 Å². The van der Waals surface area contributed by atoms with Gasteiger partial charge in [-0.2, -0.15) is 0 Å². The first-order valence-corrected chi connectivity index (χ1v) is 6.69. The number of pyridine rings is 1. The van der Waals surface area contributed by atoms with Gasteiger partial charge in [0.05, 0.1) is 11.7 Å². The van der Waals surface area contributed by atoms with Crippen LogP contribution in [0.15, 0.2) is 48.7 Å². The summed E-state index contributed by atoms with van der Waals surface area (Å²) in [7, 11) is 1.94. The van der Waals surface area contributed by atoms with E-state index >= 15 is 0 Å². The molecule has 0 aliphatic carbocycles. The molecule has 1 heterocycles. The number of halogens is 1. The fourth-order valence-electron chi connectivity index (χ4n) is 2.44. The maximum atomic E-state index is 13.7. The van der Waals surface area contributed by atoms with E-state index in [4.69, 9.17) is 5.73 Å². The maximum Gasteiger partial charge on any atom is 0.127 e. The van der Waals surface area contributed by atoms with E-state index in [0.29, 0.717) is 12.1 Å². The second-order valence-corrected chi connectivity index (χ2v) is 5.07. The van der Waals surface area contributed by atoms with Crippen LogP contribution in [-0.2, 0) is 6.54 Å². The average molecular weight is 273 g/mol. The Labute approximate surface area is 119 Å². The van der Waals surface area contributed by atoms with E-state index in [1.807, 2.05) is 43.1 Å². The van der Waals surface area contributed by atoms with E-state index in [0.717, 1.165) is 5.69 Å². The van der Waals surface area contributed by atoms with Gasteiger partial charge in [0.2, 0.25) is 0 Å². The van der Waals surface area contributed by atoms with Crippen LogP contribution in [0.1, 0.15) is 24.2 Å². The van der Waals surface area contributed by atoms with Crippen LogP contribution in [0.4, 0.5) is 4.39 Å². The molecule has 0 saturated heterocycles. The van der Waals surface area contributed by atoms with Gasteiger partial charge in [-0.05, 0) is 32.2 Å². The van der Waals surface area contributed by atoms with E-state index < -0.39 is 0 Å². The molecule has 0 bridgehead atoms. The van der Waals surface area contributed by atoms with Gasteiger partial charge in [0, 0.05) is 24.3 Å². The van der Waals surface area contributed by atoms with Crippen molar-refractivity contribution in [2.24, 2.45) is 5.73 Å². The highest BCUT2D eigenvalue weighted by Crippen LogP contribution is 2.22. The molecular formula is C16H20FN3. The number of likely N-dealkylation sites (N-methyl/N-ethyl adjacent to an activating group) is 1. The predicted octanol–water partition coefficient (Wildman–Crippen LogP) is 2.74. The van der Waals surface area contributed by atoms with Crippen LogP contribution in [0.5, 0.6) is 0 Å². The minimum Gasteiger partial charge on any atom is -0.326 e. The fourth-order valence-corrected chi connectivity index (χ4v) is 2.44. The third kappa shape index (κ3) is 3.40. The van der Waals surface area contributed by atoms with Crippen molar-refractivity contribution in [3.05, 3.63) is 65.7 Å². The first kappa shape index (κ1) is 14.6. The molecule has 20 heavy (non-hydrogen) atoms. The minimum absolute atomic E-state index is 0.0455. The third-order valence-electron chi connectivity index (χ3n) is 3.34. The Morgan fingerprint density at radius 3 is 2.50 bits per heavy atom. The molecule has 2 rings (SSSR count). The molecule has 3 nitrogen and oxygen atoms in total. The lowest BCUT2D eigenvalue weighted by molar-refractivity contribution is 0.204. The summed E-state index contributed by atoms with van der Waals surface area (Å²) in [5.74, 6) is -0.191. The van der Waals surface area contributed by atoms with Crippen molar-refractivity contribution in [2.45, 2.75) is 25.6 Å². The first-order valence-electron chi connectivity index (χ1n) is 6.69. The van der Waals surface area contributed by atoms with Gasteiger partial charge < -0.3 is 5.73 Å². The lowest BCUT2D eigenvalue weighted by Gasteiger charge is -2.30. The highest BCUT2D eigenvalue weighted by molar-refractivity contribution is 5.18. The highest BCUT2D eigenvalue weighted by Gasteiger charge is 2.22. The van der Waals surface area contributed by atoms with Gasteiger partial charge in [-0.3, -0.25) is 9.88 Å². The van der Waals surface area contributed by atoms with Crippen molar-refractivity contribution in [3.8, 4) is 0 Å². The molecular weight excluding hydrogens is 253 g/mol. The van der Waals surface area contributed by atoms with Crippen molar-refractivity contribution < 1.29 is 4.39 Å². The van der Waals surface area contributed by atoms with Crippen LogP contribution >= 0.6 is 0 Å². The monoisotopic (exact) mass is 273 g/mol. The van der Waals surface area contributed by atoms with Gasteiger partial charge in [0.25, 0.3) is 0 Å². The molecule has 1 aromatic carbocycles. The second-order valence-electron chi connectivity index (χ2n) is 5.07. The summed E-state index contributed by atoms with van der Waals surface area (Å²) in [4.78, 5) is 6.40. The number of rotatable bonds is 5. The van der Waals surface area contributed by atoms with Crippen molar-refractivity contribution in [2.75, 3.05) is 7.05 Å². The summed E-state index contributed by atoms with van der Waals surface area (Å²) in [5, 5.41) is 0. The van der Waals surface area contributed by atoms with Crippen molar-refractivity contribution in [1.29, 1.82) is 0 Å². The molecule has 0 fully saturated rings.